The molecule has 0 spiro atoms. The third-order valence-electron chi connectivity index (χ3n) is 2.78. The molecule has 0 aromatic carbocycles. The summed E-state index contributed by atoms with van der Waals surface area (Å²) in [6.07, 6.45) is 2.41. The quantitative estimate of drug-likeness (QED) is 0.672. The van der Waals surface area contributed by atoms with Crippen LogP contribution in [-0.4, -0.2) is 35.2 Å². The molecule has 1 fully saturated rings. The summed E-state index contributed by atoms with van der Waals surface area (Å²) in [6.45, 7) is 2.34. The number of anilines is 1. The van der Waals surface area contributed by atoms with Crippen LogP contribution in [0.2, 0.25) is 0 Å². The van der Waals surface area contributed by atoms with E-state index < -0.39 is 0 Å². The Balaban J connectivity index is 2.02. The van der Waals surface area contributed by atoms with Crippen LogP contribution in [0.25, 0.3) is 0 Å². The second-order valence-electron chi connectivity index (χ2n) is 3.83. The van der Waals surface area contributed by atoms with E-state index in [1.54, 1.807) is 0 Å². The second kappa shape index (κ2) is 3.38. The predicted octanol–water partition coefficient (Wildman–Crippen LogP) is 0.801. The number of nitrogens with one attached hydrogen (secondary N) is 1. The number of piperidine rings is 1. The first-order valence-electron chi connectivity index (χ1n) is 4.75. The van der Waals surface area contributed by atoms with E-state index in [0.717, 1.165) is 0 Å². The SMILES string of the molecule is CN1CCC(c2cc(N)n[nH]2)CC1. The van der Waals surface area contributed by atoms with Crippen molar-refractivity contribution in [2.24, 2.45) is 0 Å². The van der Waals surface area contributed by atoms with E-state index in [4.69, 9.17) is 5.73 Å². The number of nitrogens with two attached hydrogens (primary N) is 1. The van der Waals surface area contributed by atoms with E-state index in [-0.39, 0.29) is 0 Å². The lowest BCUT2D eigenvalue weighted by atomic mass is 9.94. The van der Waals surface area contributed by atoms with E-state index in [1.165, 1.54) is 31.6 Å². The van der Waals surface area contributed by atoms with Gasteiger partial charge in [-0.1, -0.05) is 0 Å². The van der Waals surface area contributed by atoms with Crippen LogP contribution in [0.15, 0.2) is 6.07 Å². The Hall–Kier alpha value is -1.03. The zero-order chi connectivity index (χ0) is 9.26. The highest BCUT2D eigenvalue weighted by molar-refractivity contribution is 5.30. The van der Waals surface area contributed by atoms with Gasteiger partial charge in [0, 0.05) is 17.7 Å². The van der Waals surface area contributed by atoms with Gasteiger partial charge in [-0.3, -0.25) is 5.10 Å². The van der Waals surface area contributed by atoms with E-state index in [2.05, 4.69) is 22.1 Å². The highest BCUT2D eigenvalue weighted by Crippen LogP contribution is 2.26. The molecule has 1 aromatic heterocycles. The molecule has 0 saturated carbocycles. The molecule has 0 radical (unpaired) electrons. The lowest BCUT2D eigenvalue weighted by Crippen LogP contribution is -2.29. The first-order valence-corrected chi connectivity index (χ1v) is 4.75. The fourth-order valence-corrected chi connectivity index (χ4v) is 1.88. The van der Waals surface area contributed by atoms with Crippen LogP contribution in [-0.2, 0) is 0 Å². The highest BCUT2D eigenvalue weighted by Gasteiger charge is 2.19. The summed E-state index contributed by atoms with van der Waals surface area (Å²) in [5.41, 5.74) is 6.76. The van der Waals surface area contributed by atoms with Crippen molar-refractivity contribution in [2.45, 2.75) is 18.8 Å². The van der Waals surface area contributed by atoms with Crippen LogP contribution in [0, 0.1) is 0 Å². The minimum atomic E-state index is 0.605. The molecule has 1 saturated heterocycles. The molecule has 0 bridgehead atoms. The molecule has 3 N–H and O–H groups in total. The molecule has 0 amide bonds. The Morgan fingerprint density at radius 2 is 2.23 bits per heavy atom. The number of rotatable bonds is 1. The number of H-pyrrole nitrogens is 1. The van der Waals surface area contributed by atoms with E-state index >= 15 is 0 Å². The van der Waals surface area contributed by atoms with Gasteiger partial charge in [0.25, 0.3) is 0 Å². The van der Waals surface area contributed by atoms with Crippen molar-refractivity contribution < 1.29 is 0 Å². The van der Waals surface area contributed by atoms with Gasteiger partial charge >= 0.3 is 0 Å². The molecule has 0 aliphatic carbocycles. The molecule has 4 nitrogen and oxygen atoms in total. The number of aromatic amines is 1. The van der Waals surface area contributed by atoms with Gasteiger partial charge in [0.1, 0.15) is 5.82 Å². The van der Waals surface area contributed by atoms with E-state index in [1.807, 2.05) is 6.07 Å². The molecule has 0 atom stereocenters. The average molecular weight is 180 g/mol. The molecular weight excluding hydrogens is 164 g/mol. The Morgan fingerprint density at radius 3 is 2.77 bits per heavy atom. The van der Waals surface area contributed by atoms with Crippen molar-refractivity contribution >= 4 is 5.82 Å². The minimum absolute atomic E-state index is 0.605. The van der Waals surface area contributed by atoms with Gasteiger partial charge in [-0.25, -0.2) is 0 Å². The number of nitrogens with zero attached hydrogens (tertiary/aromatic N) is 2. The fraction of sp³-hybridized carbons (Fsp3) is 0.667. The van der Waals surface area contributed by atoms with Gasteiger partial charge in [0.2, 0.25) is 0 Å². The molecule has 72 valence electrons. The number of likely N-dealkylation sites (tertiary alicyclic amines) is 1. The Bertz CT molecular complexity index is 273. The van der Waals surface area contributed by atoms with Gasteiger partial charge in [-0.2, -0.15) is 5.10 Å². The Labute approximate surface area is 78.1 Å². The molecule has 1 aliphatic heterocycles. The maximum absolute atomic E-state index is 5.56. The van der Waals surface area contributed by atoms with Crippen molar-refractivity contribution in [1.29, 1.82) is 0 Å². The van der Waals surface area contributed by atoms with E-state index in [0.29, 0.717) is 11.7 Å². The molecule has 1 aliphatic rings. The third kappa shape index (κ3) is 1.83. The molecular formula is C9H16N4. The highest BCUT2D eigenvalue weighted by atomic mass is 15.2. The molecule has 13 heavy (non-hydrogen) atoms. The van der Waals surface area contributed by atoms with Crippen LogP contribution in [0.5, 0.6) is 0 Å². The smallest absolute Gasteiger partial charge is 0.145 e. The first-order chi connectivity index (χ1) is 6.25. The molecule has 2 rings (SSSR count). The summed E-state index contributed by atoms with van der Waals surface area (Å²) in [5, 5.41) is 6.95. The summed E-state index contributed by atoms with van der Waals surface area (Å²) in [6, 6.07) is 1.95. The van der Waals surface area contributed by atoms with Crippen LogP contribution in [0.1, 0.15) is 24.5 Å². The van der Waals surface area contributed by atoms with Gasteiger partial charge in [0.15, 0.2) is 0 Å². The number of nitrogen functional groups attached to an aromatic ring is 1. The summed E-state index contributed by atoms with van der Waals surface area (Å²) in [4.78, 5) is 2.36. The van der Waals surface area contributed by atoms with Crippen molar-refractivity contribution in [1.82, 2.24) is 15.1 Å². The molecule has 0 unspecified atom stereocenters. The van der Waals surface area contributed by atoms with Crippen molar-refractivity contribution in [3.63, 3.8) is 0 Å². The lowest BCUT2D eigenvalue weighted by Gasteiger charge is -2.27. The average Bonchev–Trinajstić information content (AvgIpc) is 2.53. The predicted molar refractivity (Wildman–Crippen MR) is 52.5 cm³/mol. The fourth-order valence-electron chi connectivity index (χ4n) is 1.88. The molecule has 2 heterocycles. The maximum Gasteiger partial charge on any atom is 0.145 e. The standard InChI is InChI=1S/C9H16N4/c1-13-4-2-7(3-5-13)8-6-9(10)12-11-8/h6-7H,2-5H2,1H3,(H3,10,11,12). The van der Waals surface area contributed by atoms with Crippen LogP contribution >= 0.6 is 0 Å². The molecule has 4 heteroatoms. The van der Waals surface area contributed by atoms with Crippen LogP contribution in [0.4, 0.5) is 5.82 Å². The van der Waals surface area contributed by atoms with Gasteiger partial charge in [-0.05, 0) is 33.0 Å². The zero-order valence-electron chi connectivity index (χ0n) is 7.95. The largest absolute Gasteiger partial charge is 0.382 e. The summed E-state index contributed by atoms with van der Waals surface area (Å²) < 4.78 is 0. The second-order valence-corrected chi connectivity index (χ2v) is 3.83. The topological polar surface area (TPSA) is 57.9 Å². The van der Waals surface area contributed by atoms with Gasteiger partial charge in [-0.15, -0.1) is 0 Å². The normalized spacial score (nSPS) is 20.7. The lowest BCUT2D eigenvalue weighted by molar-refractivity contribution is 0.253. The zero-order valence-corrected chi connectivity index (χ0v) is 7.95. The van der Waals surface area contributed by atoms with Crippen molar-refractivity contribution in [3.05, 3.63) is 11.8 Å². The summed E-state index contributed by atoms with van der Waals surface area (Å²) >= 11 is 0. The summed E-state index contributed by atoms with van der Waals surface area (Å²) in [7, 11) is 2.16. The summed E-state index contributed by atoms with van der Waals surface area (Å²) in [5.74, 6) is 1.23. The van der Waals surface area contributed by atoms with E-state index in [9.17, 15) is 0 Å². The molecule has 1 aromatic rings. The minimum Gasteiger partial charge on any atom is -0.382 e. The number of aromatic nitrogens is 2. The van der Waals surface area contributed by atoms with Crippen LogP contribution < -0.4 is 5.73 Å². The Kier molecular flexibility index (Phi) is 2.22. The van der Waals surface area contributed by atoms with Gasteiger partial charge < -0.3 is 10.6 Å². The van der Waals surface area contributed by atoms with Gasteiger partial charge in [0.05, 0.1) is 0 Å². The third-order valence-corrected chi connectivity index (χ3v) is 2.78. The maximum atomic E-state index is 5.56. The first kappa shape index (κ1) is 8.56. The number of hydrogen-bond donors (Lipinski definition) is 2. The van der Waals surface area contributed by atoms with Crippen molar-refractivity contribution in [2.75, 3.05) is 25.9 Å². The van der Waals surface area contributed by atoms with Crippen molar-refractivity contribution in [3.8, 4) is 0 Å². The van der Waals surface area contributed by atoms with Crippen LogP contribution in [0.3, 0.4) is 0 Å². The number of hydrogen-bond acceptors (Lipinski definition) is 3. The Morgan fingerprint density at radius 1 is 1.54 bits per heavy atom. The monoisotopic (exact) mass is 180 g/mol.